The number of aliphatic hydroxyl groups is 1. The molecule has 1 aliphatic rings. The largest absolute Gasteiger partial charge is 0.396 e. The number of rotatable bonds is 5. The highest BCUT2D eigenvalue weighted by Crippen LogP contribution is 2.41. The van der Waals surface area contributed by atoms with E-state index in [1.165, 1.54) is 0 Å². The number of aromatic nitrogens is 4. The number of hydrogen-bond acceptors (Lipinski definition) is 4. The number of H-pyrrole nitrogens is 1. The summed E-state index contributed by atoms with van der Waals surface area (Å²) in [7, 11) is 0. The quantitative estimate of drug-likeness (QED) is 0.671. The van der Waals surface area contributed by atoms with E-state index < -0.39 is 0 Å². The average molecular weight is 327 g/mol. The van der Waals surface area contributed by atoms with E-state index >= 15 is 0 Å². The zero-order valence-electron chi connectivity index (χ0n) is 14.1. The van der Waals surface area contributed by atoms with Crippen molar-refractivity contribution in [2.45, 2.75) is 51.0 Å². The second kappa shape index (κ2) is 6.18. The monoisotopic (exact) mass is 327 g/mol. The fourth-order valence-corrected chi connectivity index (χ4v) is 4.26. The van der Waals surface area contributed by atoms with Crippen LogP contribution >= 0.6 is 0 Å². The van der Waals surface area contributed by atoms with Gasteiger partial charge in [0.05, 0.1) is 22.9 Å². The molecule has 1 aliphatic carbocycles. The summed E-state index contributed by atoms with van der Waals surface area (Å²) in [4.78, 5) is 12.7. The first kappa shape index (κ1) is 15.6. The minimum absolute atomic E-state index is 0.181. The van der Waals surface area contributed by atoms with Crippen LogP contribution in [0.15, 0.2) is 18.5 Å². The minimum atomic E-state index is 0.181. The van der Waals surface area contributed by atoms with Crippen LogP contribution < -0.4 is 5.73 Å². The third kappa shape index (κ3) is 2.41. The molecule has 0 radical (unpaired) electrons. The van der Waals surface area contributed by atoms with Gasteiger partial charge in [-0.05, 0) is 37.7 Å². The highest BCUT2D eigenvalue weighted by atomic mass is 16.2. The summed E-state index contributed by atoms with van der Waals surface area (Å²) in [5.74, 6) is 2.09. The summed E-state index contributed by atoms with van der Waals surface area (Å²) >= 11 is 0. The SMILES string of the molecule is CC[C@@H]1C[C@H](N)CC1c1nc(CCCO)c2cnc3[nH]ccc3n12. The Morgan fingerprint density at radius 1 is 1.38 bits per heavy atom. The van der Waals surface area contributed by atoms with Crippen molar-refractivity contribution in [1.82, 2.24) is 19.4 Å². The molecule has 0 bridgehead atoms. The lowest BCUT2D eigenvalue weighted by molar-refractivity contribution is 0.288. The van der Waals surface area contributed by atoms with Gasteiger partial charge in [-0.15, -0.1) is 0 Å². The van der Waals surface area contributed by atoms with Crippen LogP contribution in [0.25, 0.3) is 16.7 Å². The van der Waals surface area contributed by atoms with Gasteiger partial charge in [-0.2, -0.15) is 0 Å². The molecular formula is C18H25N5O. The van der Waals surface area contributed by atoms with Crippen LogP contribution in [-0.4, -0.2) is 37.1 Å². The molecule has 1 saturated carbocycles. The molecule has 6 heteroatoms. The molecule has 0 aromatic carbocycles. The van der Waals surface area contributed by atoms with Gasteiger partial charge in [0, 0.05) is 24.8 Å². The molecular weight excluding hydrogens is 302 g/mol. The third-order valence-corrected chi connectivity index (χ3v) is 5.43. The fourth-order valence-electron chi connectivity index (χ4n) is 4.26. The summed E-state index contributed by atoms with van der Waals surface area (Å²) < 4.78 is 2.26. The van der Waals surface area contributed by atoms with Gasteiger partial charge in [0.25, 0.3) is 0 Å². The Hall–Kier alpha value is -1.92. The van der Waals surface area contributed by atoms with Gasteiger partial charge in [-0.3, -0.25) is 4.40 Å². The number of nitrogens with one attached hydrogen (secondary N) is 1. The second-order valence-electron chi connectivity index (χ2n) is 6.94. The molecule has 0 aliphatic heterocycles. The van der Waals surface area contributed by atoms with E-state index in [0.29, 0.717) is 11.8 Å². The molecule has 1 fully saturated rings. The molecule has 6 nitrogen and oxygen atoms in total. The van der Waals surface area contributed by atoms with Crippen molar-refractivity contribution in [2.75, 3.05) is 6.61 Å². The van der Waals surface area contributed by atoms with Gasteiger partial charge in [-0.1, -0.05) is 13.3 Å². The van der Waals surface area contributed by atoms with Crippen molar-refractivity contribution in [1.29, 1.82) is 0 Å². The van der Waals surface area contributed by atoms with Gasteiger partial charge >= 0.3 is 0 Å². The Morgan fingerprint density at radius 2 is 2.25 bits per heavy atom. The van der Waals surface area contributed by atoms with E-state index in [0.717, 1.165) is 60.3 Å². The molecule has 3 atom stereocenters. The van der Waals surface area contributed by atoms with Gasteiger partial charge in [-0.25, -0.2) is 9.97 Å². The smallest absolute Gasteiger partial charge is 0.154 e. The molecule has 3 aromatic rings. The second-order valence-corrected chi connectivity index (χ2v) is 6.94. The lowest BCUT2D eigenvalue weighted by Gasteiger charge is -2.17. The summed E-state index contributed by atoms with van der Waals surface area (Å²) in [5.41, 5.74) is 10.3. The van der Waals surface area contributed by atoms with E-state index in [4.69, 9.17) is 10.7 Å². The first-order chi connectivity index (χ1) is 11.7. The number of aryl methyl sites for hydroxylation is 1. The average Bonchev–Trinajstić information content (AvgIpc) is 3.27. The van der Waals surface area contributed by atoms with Crippen LogP contribution in [0.3, 0.4) is 0 Å². The van der Waals surface area contributed by atoms with Crippen LogP contribution in [0, 0.1) is 5.92 Å². The van der Waals surface area contributed by atoms with Crippen LogP contribution in [0.2, 0.25) is 0 Å². The number of imidazole rings is 1. The van der Waals surface area contributed by atoms with Gasteiger partial charge < -0.3 is 15.8 Å². The Morgan fingerprint density at radius 3 is 3.04 bits per heavy atom. The number of hydrogen-bond donors (Lipinski definition) is 3. The van der Waals surface area contributed by atoms with E-state index in [9.17, 15) is 5.11 Å². The number of aromatic amines is 1. The van der Waals surface area contributed by atoms with Crippen molar-refractivity contribution in [3.8, 4) is 0 Å². The van der Waals surface area contributed by atoms with Crippen LogP contribution in [0.5, 0.6) is 0 Å². The van der Waals surface area contributed by atoms with Gasteiger partial charge in [0.1, 0.15) is 5.82 Å². The first-order valence-electron chi connectivity index (χ1n) is 8.92. The highest BCUT2D eigenvalue weighted by molar-refractivity contribution is 5.76. The maximum Gasteiger partial charge on any atom is 0.154 e. The molecule has 3 heterocycles. The Balaban J connectivity index is 1.91. The Bertz CT molecular complexity index is 852. The van der Waals surface area contributed by atoms with E-state index in [-0.39, 0.29) is 12.6 Å². The molecule has 0 amide bonds. The number of aliphatic hydroxyl groups excluding tert-OH is 1. The predicted octanol–water partition coefficient (Wildman–Crippen LogP) is 2.37. The van der Waals surface area contributed by atoms with E-state index in [1.807, 2.05) is 12.4 Å². The van der Waals surface area contributed by atoms with Gasteiger partial charge in [0.2, 0.25) is 0 Å². The zero-order valence-corrected chi connectivity index (χ0v) is 14.1. The lowest BCUT2D eigenvalue weighted by Crippen LogP contribution is -2.15. The molecule has 24 heavy (non-hydrogen) atoms. The lowest BCUT2D eigenvalue weighted by atomic mass is 9.93. The number of nitrogens with zero attached hydrogens (tertiary/aromatic N) is 3. The first-order valence-corrected chi connectivity index (χ1v) is 8.92. The van der Waals surface area contributed by atoms with Gasteiger partial charge in [0.15, 0.2) is 5.65 Å². The Labute approximate surface area is 141 Å². The maximum atomic E-state index is 9.20. The molecule has 0 saturated heterocycles. The number of fused-ring (bicyclic) bond motifs is 3. The normalized spacial score (nSPS) is 24.4. The molecule has 4 N–H and O–H groups in total. The summed E-state index contributed by atoms with van der Waals surface area (Å²) in [5, 5.41) is 9.20. The maximum absolute atomic E-state index is 9.20. The van der Waals surface area contributed by atoms with Crippen molar-refractivity contribution in [3.63, 3.8) is 0 Å². The summed E-state index contributed by atoms with van der Waals surface area (Å²) in [6.07, 6.45) is 8.50. The predicted molar refractivity (Wildman–Crippen MR) is 94.0 cm³/mol. The zero-order chi connectivity index (χ0) is 16.7. The standard InChI is InChI=1S/C18H25N5O/c1-2-11-8-12(19)9-13(11)18-22-14(4-3-7-24)16-10-21-17-15(23(16)18)5-6-20-17/h5-6,10-13,20,24H,2-4,7-9,19H2,1H3/t11-,12+,13?/m1/s1. The molecule has 4 rings (SSSR count). The highest BCUT2D eigenvalue weighted by Gasteiger charge is 2.35. The Kier molecular flexibility index (Phi) is 4.02. The van der Waals surface area contributed by atoms with Crippen LogP contribution in [0.4, 0.5) is 0 Å². The van der Waals surface area contributed by atoms with Crippen LogP contribution in [0.1, 0.15) is 50.0 Å². The van der Waals surface area contributed by atoms with Crippen molar-refractivity contribution < 1.29 is 5.11 Å². The third-order valence-electron chi connectivity index (χ3n) is 5.43. The molecule has 3 aromatic heterocycles. The fraction of sp³-hybridized carbons (Fsp3) is 0.556. The molecule has 0 spiro atoms. The summed E-state index contributed by atoms with van der Waals surface area (Å²) in [6, 6.07) is 2.32. The van der Waals surface area contributed by atoms with Crippen LogP contribution in [-0.2, 0) is 6.42 Å². The molecule has 1 unspecified atom stereocenters. The van der Waals surface area contributed by atoms with E-state index in [2.05, 4.69) is 27.4 Å². The van der Waals surface area contributed by atoms with Crippen molar-refractivity contribution in [2.24, 2.45) is 11.7 Å². The molecule has 128 valence electrons. The minimum Gasteiger partial charge on any atom is -0.396 e. The van der Waals surface area contributed by atoms with E-state index in [1.54, 1.807) is 0 Å². The topological polar surface area (TPSA) is 92.2 Å². The van der Waals surface area contributed by atoms with Crippen molar-refractivity contribution in [3.05, 3.63) is 30.0 Å². The number of nitrogens with two attached hydrogens (primary N) is 1. The van der Waals surface area contributed by atoms with Crippen molar-refractivity contribution >= 4 is 16.7 Å². The summed E-state index contributed by atoms with van der Waals surface area (Å²) in [6.45, 7) is 2.42.